The van der Waals surface area contributed by atoms with Gasteiger partial charge in [-0.15, -0.1) is 0 Å². The lowest BCUT2D eigenvalue weighted by atomic mass is 10.4. The summed E-state index contributed by atoms with van der Waals surface area (Å²) in [4.78, 5) is 14.3. The highest BCUT2D eigenvalue weighted by Crippen LogP contribution is 2.21. The molecule has 0 saturated carbocycles. The van der Waals surface area contributed by atoms with Crippen LogP contribution in [0.2, 0.25) is 0 Å². The van der Waals surface area contributed by atoms with Crippen molar-refractivity contribution in [1.29, 1.82) is 0 Å². The summed E-state index contributed by atoms with van der Waals surface area (Å²) in [5.41, 5.74) is 0.644. The van der Waals surface area contributed by atoms with E-state index in [2.05, 4.69) is 25.0 Å². The van der Waals surface area contributed by atoms with E-state index in [1.54, 1.807) is 13.8 Å². The van der Waals surface area contributed by atoms with Crippen molar-refractivity contribution in [2.45, 2.75) is 31.7 Å². The summed E-state index contributed by atoms with van der Waals surface area (Å²) in [6, 6.07) is 0. The summed E-state index contributed by atoms with van der Waals surface area (Å²) in [5.74, 6) is -0.987. The van der Waals surface area contributed by atoms with Gasteiger partial charge in [-0.2, -0.15) is 15.2 Å². The van der Waals surface area contributed by atoms with Gasteiger partial charge in [0.2, 0.25) is 5.95 Å². The Balaban J connectivity index is 2.33. The van der Waals surface area contributed by atoms with Crippen molar-refractivity contribution in [1.82, 2.24) is 25.0 Å². The molecular weight excluding hydrogens is 300 g/mol. The van der Waals surface area contributed by atoms with Crippen molar-refractivity contribution < 1.29 is 18.3 Å². The second-order valence-corrected chi connectivity index (χ2v) is 5.93. The molecule has 2 aromatic rings. The maximum absolute atomic E-state index is 12.3. The number of H-pyrrole nitrogens is 1. The first-order valence-corrected chi connectivity index (χ1v) is 7.43. The Morgan fingerprint density at radius 2 is 2.19 bits per heavy atom. The molecule has 0 unspecified atom stereocenters. The van der Waals surface area contributed by atoms with Gasteiger partial charge in [0.1, 0.15) is 11.2 Å². The molecule has 0 aliphatic heterocycles. The Kier molecular flexibility index (Phi) is 3.93. The number of aliphatic carboxylic acids is 1. The molecule has 0 aromatic carbocycles. The second kappa shape index (κ2) is 5.52. The molecule has 0 bridgehead atoms. The van der Waals surface area contributed by atoms with Crippen LogP contribution in [0, 0.1) is 13.8 Å². The molecule has 0 aliphatic rings. The van der Waals surface area contributed by atoms with Gasteiger partial charge in [-0.25, -0.2) is 18.2 Å². The monoisotopic (exact) mass is 314 g/mol. The predicted octanol–water partition coefficient (Wildman–Crippen LogP) is -0.106. The molecule has 0 radical (unpaired) electrons. The molecular formula is C10H14N6O4S. The molecule has 0 amide bonds. The highest BCUT2D eigenvalue weighted by atomic mass is 32.2. The number of carboxylic acids is 1. The number of aromatic amines is 1. The van der Waals surface area contributed by atoms with Gasteiger partial charge in [0.15, 0.2) is 0 Å². The minimum Gasteiger partial charge on any atom is -0.481 e. The maximum Gasteiger partial charge on any atom is 0.305 e. The quantitative estimate of drug-likeness (QED) is 0.675. The van der Waals surface area contributed by atoms with Crippen LogP contribution in [0.4, 0.5) is 5.95 Å². The van der Waals surface area contributed by atoms with Gasteiger partial charge in [0.05, 0.1) is 24.4 Å². The Bertz CT molecular complexity index is 749. The first kappa shape index (κ1) is 15.0. The Hall–Kier alpha value is -2.43. The number of sulfonamides is 1. The van der Waals surface area contributed by atoms with Crippen LogP contribution in [0.5, 0.6) is 0 Å². The molecule has 21 heavy (non-hydrogen) atoms. The van der Waals surface area contributed by atoms with Crippen LogP contribution in [0.15, 0.2) is 11.2 Å². The zero-order valence-corrected chi connectivity index (χ0v) is 12.2. The molecule has 10 nitrogen and oxygen atoms in total. The van der Waals surface area contributed by atoms with Crippen molar-refractivity contribution in [2.75, 3.05) is 4.72 Å². The summed E-state index contributed by atoms with van der Waals surface area (Å²) < 4.78 is 28.3. The lowest BCUT2D eigenvalue weighted by Crippen LogP contribution is -2.16. The van der Waals surface area contributed by atoms with E-state index >= 15 is 0 Å². The molecule has 2 rings (SSSR count). The van der Waals surface area contributed by atoms with E-state index in [0.717, 1.165) is 0 Å². The topological polar surface area (TPSA) is 143 Å². The van der Waals surface area contributed by atoms with Crippen LogP contribution in [0.3, 0.4) is 0 Å². The molecule has 0 saturated heterocycles. The first-order valence-electron chi connectivity index (χ1n) is 5.95. The van der Waals surface area contributed by atoms with E-state index in [-0.39, 0.29) is 29.5 Å². The smallest absolute Gasteiger partial charge is 0.305 e. The van der Waals surface area contributed by atoms with E-state index in [0.29, 0.717) is 5.69 Å². The van der Waals surface area contributed by atoms with E-state index < -0.39 is 16.0 Å². The SMILES string of the molecule is Cc1nn(CCC(=O)O)c(C)c1S(=O)(=O)Nc1ncn[nH]1. The fourth-order valence-electron chi connectivity index (χ4n) is 1.92. The number of hydrogen-bond donors (Lipinski definition) is 3. The van der Waals surface area contributed by atoms with Crippen molar-refractivity contribution in [3.05, 3.63) is 17.7 Å². The number of aromatic nitrogens is 5. The lowest BCUT2D eigenvalue weighted by molar-refractivity contribution is -0.137. The van der Waals surface area contributed by atoms with E-state index in [9.17, 15) is 13.2 Å². The number of nitrogens with one attached hydrogen (secondary N) is 2. The van der Waals surface area contributed by atoms with Crippen LogP contribution in [-0.4, -0.2) is 44.5 Å². The molecule has 114 valence electrons. The van der Waals surface area contributed by atoms with Gasteiger partial charge in [0, 0.05) is 0 Å². The Morgan fingerprint density at radius 3 is 2.76 bits per heavy atom. The molecule has 2 aromatic heterocycles. The average Bonchev–Trinajstić information content (AvgIpc) is 2.94. The standard InChI is InChI=1S/C10H14N6O4S/c1-6-9(7(2)16(14-6)4-3-8(17)18)21(19,20)15-10-11-5-12-13-10/h5H,3-4H2,1-2H3,(H,17,18)(H2,11,12,13,15). The average molecular weight is 314 g/mol. The lowest BCUT2D eigenvalue weighted by Gasteiger charge is -2.06. The van der Waals surface area contributed by atoms with Crippen LogP contribution in [0.25, 0.3) is 0 Å². The zero-order chi connectivity index (χ0) is 15.6. The highest BCUT2D eigenvalue weighted by Gasteiger charge is 2.25. The van der Waals surface area contributed by atoms with Gasteiger partial charge in [-0.3, -0.25) is 9.48 Å². The molecule has 0 aliphatic carbocycles. The molecule has 0 atom stereocenters. The summed E-state index contributed by atoms with van der Waals surface area (Å²) >= 11 is 0. The van der Waals surface area contributed by atoms with E-state index in [4.69, 9.17) is 5.11 Å². The summed E-state index contributed by atoms with van der Waals surface area (Å²) in [6.07, 6.45) is 1.03. The predicted molar refractivity (Wildman–Crippen MR) is 71.1 cm³/mol. The molecule has 0 fully saturated rings. The number of carbonyl (C=O) groups is 1. The van der Waals surface area contributed by atoms with Gasteiger partial charge >= 0.3 is 5.97 Å². The van der Waals surface area contributed by atoms with Crippen molar-refractivity contribution in [3.8, 4) is 0 Å². The molecule has 0 spiro atoms. The number of hydrogen-bond acceptors (Lipinski definition) is 6. The number of anilines is 1. The fraction of sp³-hybridized carbons (Fsp3) is 0.400. The largest absolute Gasteiger partial charge is 0.481 e. The second-order valence-electron chi connectivity index (χ2n) is 4.31. The molecule has 11 heteroatoms. The number of rotatable bonds is 6. The number of carboxylic acid groups (broad SMARTS) is 1. The van der Waals surface area contributed by atoms with Crippen LogP contribution in [-0.2, 0) is 21.4 Å². The van der Waals surface area contributed by atoms with Gasteiger partial charge in [-0.1, -0.05) is 0 Å². The fourth-order valence-corrected chi connectivity index (χ4v) is 3.30. The van der Waals surface area contributed by atoms with E-state index in [1.807, 2.05) is 0 Å². The van der Waals surface area contributed by atoms with Crippen molar-refractivity contribution >= 4 is 21.9 Å². The normalized spacial score (nSPS) is 11.5. The minimum atomic E-state index is -3.88. The summed E-state index contributed by atoms with van der Waals surface area (Å²) in [6.45, 7) is 3.20. The van der Waals surface area contributed by atoms with E-state index in [1.165, 1.54) is 11.0 Å². The maximum atomic E-state index is 12.3. The van der Waals surface area contributed by atoms with Gasteiger partial charge < -0.3 is 5.11 Å². The van der Waals surface area contributed by atoms with Gasteiger partial charge in [-0.05, 0) is 13.8 Å². The Morgan fingerprint density at radius 1 is 1.48 bits per heavy atom. The highest BCUT2D eigenvalue weighted by molar-refractivity contribution is 7.92. The Labute approximate surface area is 120 Å². The van der Waals surface area contributed by atoms with Crippen molar-refractivity contribution in [2.24, 2.45) is 0 Å². The van der Waals surface area contributed by atoms with Crippen LogP contribution < -0.4 is 4.72 Å². The van der Waals surface area contributed by atoms with Gasteiger partial charge in [0.25, 0.3) is 10.0 Å². The van der Waals surface area contributed by atoms with Crippen molar-refractivity contribution in [3.63, 3.8) is 0 Å². The third-order valence-electron chi connectivity index (χ3n) is 2.77. The van der Waals surface area contributed by atoms with Crippen LogP contribution >= 0.6 is 0 Å². The third-order valence-corrected chi connectivity index (χ3v) is 4.36. The first-order chi connectivity index (χ1) is 9.81. The van der Waals surface area contributed by atoms with Crippen LogP contribution in [0.1, 0.15) is 17.8 Å². The summed E-state index contributed by atoms with van der Waals surface area (Å²) in [5, 5.41) is 18.7. The third kappa shape index (κ3) is 3.18. The zero-order valence-electron chi connectivity index (χ0n) is 11.4. The molecule has 3 N–H and O–H groups in total. The number of nitrogens with zero attached hydrogens (tertiary/aromatic N) is 4. The summed E-state index contributed by atoms with van der Waals surface area (Å²) in [7, 11) is -3.88. The molecule has 2 heterocycles. The minimum absolute atomic E-state index is 0.00397. The number of aryl methyl sites for hydroxylation is 2.